The molecule has 144 valence electrons. The summed E-state index contributed by atoms with van der Waals surface area (Å²) in [5.74, 6) is 1.65. The highest BCUT2D eigenvalue weighted by molar-refractivity contribution is 5.95. The molecule has 0 saturated carbocycles. The van der Waals surface area contributed by atoms with Gasteiger partial charge in [-0.2, -0.15) is 0 Å². The first-order chi connectivity index (χ1) is 13.6. The molecule has 1 aromatic carbocycles. The molecule has 1 aliphatic heterocycles. The van der Waals surface area contributed by atoms with E-state index in [-0.39, 0.29) is 12.5 Å². The lowest BCUT2D eigenvalue weighted by Crippen LogP contribution is -2.26. The van der Waals surface area contributed by atoms with Gasteiger partial charge >= 0.3 is 0 Å². The molecule has 3 aromatic rings. The Labute approximate surface area is 163 Å². The summed E-state index contributed by atoms with van der Waals surface area (Å²) in [4.78, 5) is 25.8. The number of nitrogens with zero attached hydrogens (tertiary/aromatic N) is 6. The lowest BCUT2D eigenvalue weighted by atomic mass is 10.1. The van der Waals surface area contributed by atoms with E-state index < -0.39 is 0 Å². The van der Waals surface area contributed by atoms with Gasteiger partial charge in [0.05, 0.1) is 6.54 Å². The van der Waals surface area contributed by atoms with E-state index in [1.165, 1.54) is 0 Å². The number of hydrogen-bond donors (Lipinski definition) is 0. The van der Waals surface area contributed by atoms with Crippen molar-refractivity contribution >= 4 is 11.7 Å². The molecule has 0 unspecified atom stereocenters. The van der Waals surface area contributed by atoms with Crippen molar-refractivity contribution in [3.63, 3.8) is 0 Å². The van der Waals surface area contributed by atoms with E-state index in [9.17, 15) is 4.79 Å². The van der Waals surface area contributed by atoms with Gasteiger partial charge in [0.15, 0.2) is 5.82 Å². The second kappa shape index (κ2) is 7.75. The third-order valence-electron chi connectivity index (χ3n) is 4.75. The third-order valence-corrected chi connectivity index (χ3v) is 4.75. The maximum absolute atomic E-state index is 12.9. The van der Waals surface area contributed by atoms with Gasteiger partial charge in [-0.1, -0.05) is 12.1 Å². The molecule has 1 aliphatic rings. The molecule has 1 amide bonds. The summed E-state index contributed by atoms with van der Waals surface area (Å²) in [6.07, 6.45) is 5.72. The fraction of sp³-hybridized carbons (Fsp3) is 0.350. The van der Waals surface area contributed by atoms with Crippen LogP contribution in [0.3, 0.4) is 0 Å². The fourth-order valence-corrected chi connectivity index (χ4v) is 3.39. The predicted molar refractivity (Wildman–Crippen MR) is 104 cm³/mol. The number of benzene rings is 1. The van der Waals surface area contributed by atoms with Gasteiger partial charge in [-0.15, -0.1) is 10.2 Å². The van der Waals surface area contributed by atoms with Gasteiger partial charge in [-0.05, 0) is 25.0 Å². The van der Waals surface area contributed by atoms with E-state index in [4.69, 9.17) is 4.42 Å². The highest BCUT2D eigenvalue weighted by Crippen LogP contribution is 2.29. The van der Waals surface area contributed by atoms with E-state index >= 15 is 0 Å². The van der Waals surface area contributed by atoms with Crippen LogP contribution in [0.1, 0.15) is 35.0 Å². The number of hydrogen-bond acceptors (Lipinski definition) is 7. The first-order valence-electron chi connectivity index (χ1n) is 9.32. The van der Waals surface area contributed by atoms with Crippen molar-refractivity contribution in [2.45, 2.75) is 26.3 Å². The summed E-state index contributed by atoms with van der Waals surface area (Å²) >= 11 is 0. The van der Waals surface area contributed by atoms with Crippen LogP contribution in [0.25, 0.3) is 11.3 Å². The number of carbonyl (C=O) groups is 1. The number of rotatable bonds is 5. The minimum absolute atomic E-state index is 0.121. The summed E-state index contributed by atoms with van der Waals surface area (Å²) in [5, 5.41) is 7.75. The van der Waals surface area contributed by atoms with Gasteiger partial charge in [-0.3, -0.25) is 9.78 Å². The Morgan fingerprint density at radius 3 is 2.71 bits per heavy atom. The van der Waals surface area contributed by atoms with Gasteiger partial charge in [0.2, 0.25) is 11.8 Å². The first-order valence-corrected chi connectivity index (χ1v) is 9.32. The predicted octanol–water partition coefficient (Wildman–Crippen LogP) is 2.71. The van der Waals surface area contributed by atoms with E-state index in [1.807, 2.05) is 18.2 Å². The normalized spacial score (nSPS) is 13.7. The molecule has 28 heavy (non-hydrogen) atoms. The molecule has 0 N–H and O–H groups in total. The van der Waals surface area contributed by atoms with Crippen molar-refractivity contribution < 1.29 is 9.21 Å². The highest BCUT2D eigenvalue weighted by Gasteiger charge is 2.20. The average Bonchev–Trinajstić information content (AvgIpc) is 3.39. The number of aromatic nitrogens is 4. The summed E-state index contributed by atoms with van der Waals surface area (Å²) in [7, 11) is 1.71. The van der Waals surface area contributed by atoms with Gasteiger partial charge < -0.3 is 14.2 Å². The van der Waals surface area contributed by atoms with Crippen molar-refractivity contribution in [3.8, 4) is 11.3 Å². The lowest BCUT2D eigenvalue weighted by Gasteiger charge is -2.19. The minimum Gasteiger partial charge on any atom is -0.424 e. The molecule has 3 heterocycles. The number of anilines is 1. The Morgan fingerprint density at radius 1 is 1.18 bits per heavy atom. The van der Waals surface area contributed by atoms with Crippen LogP contribution in [0.5, 0.6) is 0 Å². The fourth-order valence-electron chi connectivity index (χ4n) is 3.39. The monoisotopic (exact) mass is 378 g/mol. The zero-order valence-electron chi connectivity index (χ0n) is 16.0. The third kappa shape index (κ3) is 3.71. The maximum atomic E-state index is 12.9. The average molecular weight is 378 g/mol. The molecular weight excluding hydrogens is 356 g/mol. The topological polar surface area (TPSA) is 88.2 Å². The van der Waals surface area contributed by atoms with E-state index in [0.717, 1.165) is 43.0 Å². The second-order valence-corrected chi connectivity index (χ2v) is 6.88. The van der Waals surface area contributed by atoms with Crippen molar-refractivity contribution in [3.05, 3.63) is 54.0 Å². The Morgan fingerprint density at radius 2 is 1.96 bits per heavy atom. The van der Waals surface area contributed by atoms with Crippen LogP contribution < -0.4 is 4.90 Å². The van der Waals surface area contributed by atoms with Gasteiger partial charge in [0, 0.05) is 50.6 Å². The molecule has 1 saturated heterocycles. The minimum atomic E-state index is -0.121. The van der Waals surface area contributed by atoms with E-state index in [2.05, 4.69) is 25.1 Å². The Hall–Kier alpha value is -3.29. The second-order valence-electron chi connectivity index (χ2n) is 6.88. The Bertz CT molecular complexity index is 980. The lowest BCUT2D eigenvalue weighted by molar-refractivity contribution is 0.0772. The molecule has 1 fully saturated rings. The SMILES string of the molecule is Cc1nnc(CN(C)C(=O)c2cccc(-c3nccnc3N3CCCC3)c2)o1. The Balaban J connectivity index is 1.59. The quantitative estimate of drug-likeness (QED) is 0.674. The van der Waals surface area contributed by atoms with Crippen molar-refractivity contribution in [1.82, 2.24) is 25.1 Å². The number of amides is 1. The van der Waals surface area contributed by atoms with Crippen molar-refractivity contribution in [2.75, 3.05) is 25.0 Å². The molecule has 8 nitrogen and oxygen atoms in total. The van der Waals surface area contributed by atoms with Crippen LogP contribution in [0.2, 0.25) is 0 Å². The first kappa shape index (κ1) is 18.1. The molecule has 0 aliphatic carbocycles. The molecule has 0 bridgehead atoms. The van der Waals surface area contributed by atoms with Gasteiger partial charge in [0.1, 0.15) is 5.69 Å². The molecule has 2 aromatic heterocycles. The number of carbonyl (C=O) groups excluding carboxylic acids is 1. The standard InChI is InChI=1S/C20H22N6O2/c1-14-23-24-17(28-14)13-25(2)20(27)16-7-5-6-15(12-16)18-19(22-9-8-21-18)26-10-3-4-11-26/h5-9,12H,3-4,10-11,13H2,1-2H3. The highest BCUT2D eigenvalue weighted by atomic mass is 16.4. The van der Waals surface area contributed by atoms with Crippen LogP contribution >= 0.6 is 0 Å². The van der Waals surface area contributed by atoms with Crippen LogP contribution in [0.15, 0.2) is 41.1 Å². The van der Waals surface area contributed by atoms with Crippen LogP contribution in [-0.4, -0.2) is 51.1 Å². The summed E-state index contributed by atoms with van der Waals surface area (Å²) in [6.45, 7) is 3.95. The summed E-state index contributed by atoms with van der Waals surface area (Å²) in [5.41, 5.74) is 2.26. The van der Waals surface area contributed by atoms with Crippen molar-refractivity contribution in [2.24, 2.45) is 0 Å². The van der Waals surface area contributed by atoms with Crippen molar-refractivity contribution in [1.29, 1.82) is 0 Å². The van der Waals surface area contributed by atoms with Crippen LogP contribution in [0, 0.1) is 6.92 Å². The van der Waals surface area contributed by atoms with E-state index in [0.29, 0.717) is 17.3 Å². The molecular formula is C20H22N6O2. The Kier molecular flexibility index (Phi) is 5.01. The smallest absolute Gasteiger partial charge is 0.254 e. The summed E-state index contributed by atoms with van der Waals surface area (Å²) < 4.78 is 5.37. The van der Waals surface area contributed by atoms with Crippen LogP contribution in [0.4, 0.5) is 5.82 Å². The van der Waals surface area contributed by atoms with E-state index in [1.54, 1.807) is 37.3 Å². The molecule has 0 atom stereocenters. The molecule has 8 heteroatoms. The molecule has 0 radical (unpaired) electrons. The number of aryl methyl sites for hydroxylation is 1. The zero-order chi connectivity index (χ0) is 19.5. The zero-order valence-corrected chi connectivity index (χ0v) is 16.0. The van der Waals surface area contributed by atoms with Crippen LogP contribution in [-0.2, 0) is 6.54 Å². The van der Waals surface area contributed by atoms with Gasteiger partial charge in [0.25, 0.3) is 5.91 Å². The molecule has 0 spiro atoms. The molecule has 4 rings (SSSR count). The largest absolute Gasteiger partial charge is 0.424 e. The maximum Gasteiger partial charge on any atom is 0.254 e. The summed E-state index contributed by atoms with van der Waals surface area (Å²) in [6, 6.07) is 7.49. The van der Waals surface area contributed by atoms with Gasteiger partial charge in [-0.25, -0.2) is 4.98 Å².